The number of carbonyl (C=O) groups excluding carboxylic acids is 1. The molecule has 1 unspecified atom stereocenters. The quantitative estimate of drug-likeness (QED) is 0.806. The Labute approximate surface area is 159 Å². The van der Waals surface area contributed by atoms with Crippen LogP contribution in [0.3, 0.4) is 0 Å². The fourth-order valence-corrected chi connectivity index (χ4v) is 4.49. The molecule has 26 heavy (non-hydrogen) atoms. The van der Waals surface area contributed by atoms with E-state index >= 15 is 0 Å². The van der Waals surface area contributed by atoms with Gasteiger partial charge in [0.15, 0.2) is 0 Å². The van der Waals surface area contributed by atoms with Gasteiger partial charge in [0.1, 0.15) is 0 Å². The van der Waals surface area contributed by atoms with Gasteiger partial charge in [-0.15, -0.1) is 0 Å². The van der Waals surface area contributed by atoms with Gasteiger partial charge in [-0.1, -0.05) is 24.3 Å². The molecule has 0 saturated carbocycles. The average molecular weight is 358 g/mol. The molecule has 1 spiro atoms. The van der Waals surface area contributed by atoms with Crippen LogP contribution in [0.2, 0.25) is 0 Å². The molecule has 2 heterocycles. The molecule has 2 fully saturated rings. The van der Waals surface area contributed by atoms with Crippen molar-refractivity contribution >= 4 is 5.91 Å². The average Bonchev–Trinajstić information content (AvgIpc) is 2.65. The molecule has 1 aromatic carbocycles. The SMILES string of the molecule is CCN1CC2(CCC1=O)CCN(Cc1cccc(C(C)N(C)C)c1)CC2. The van der Waals surface area contributed by atoms with E-state index in [-0.39, 0.29) is 0 Å². The third-order valence-corrected chi connectivity index (χ3v) is 6.66. The third-order valence-electron chi connectivity index (χ3n) is 6.66. The molecule has 0 aromatic heterocycles. The molecule has 144 valence electrons. The monoisotopic (exact) mass is 357 g/mol. The number of amides is 1. The van der Waals surface area contributed by atoms with Crippen molar-refractivity contribution in [3.8, 4) is 0 Å². The second-order valence-electron chi connectivity index (χ2n) is 8.57. The van der Waals surface area contributed by atoms with Crippen LogP contribution >= 0.6 is 0 Å². The van der Waals surface area contributed by atoms with Gasteiger partial charge in [0.25, 0.3) is 0 Å². The fraction of sp³-hybridized carbons (Fsp3) is 0.682. The lowest BCUT2D eigenvalue weighted by Gasteiger charge is -2.47. The zero-order valence-corrected chi connectivity index (χ0v) is 17.0. The molecule has 0 radical (unpaired) electrons. The molecule has 0 aliphatic carbocycles. The molecule has 3 rings (SSSR count). The van der Waals surface area contributed by atoms with Crippen molar-refractivity contribution in [3.05, 3.63) is 35.4 Å². The van der Waals surface area contributed by atoms with Crippen LogP contribution in [0.4, 0.5) is 0 Å². The Hall–Kier alpha value is -1.39. The summed E-state index contributed by atoms with van der Waals surface area (Å²) < 4.78 is 0. The Kier molecular flexibility index (Phi) is 6.03. The summed E-state index contributed by atoms with van der Waals surface area (Å²) >= 11 is 0. The number of piperidine rings is 2. The van der Waals surface area contributed by atoms with E-state index in [0.29, 0.717) is 17.4 Å². The molecule has 1 aromatic rings. The smallest absolute Gasteiger partial charge is 0.222 e. The van der Waals surface area contributed by atoms with Gasteiger partial charge in [0.05, 0.1) is 0 Å². The predicted octanol–water partition coefficient (Wildman–Crippen LogP) is 3.53. The first kappa shape index (κ1) is 19.4. The molecular formula is C22H35N3O. The van der Waals surface area contributed by atoms with E-state index in [1.807, 2.05) is 0 Å². The number of hydrogen-bond acceptors (Lipinski definition) is 3. The number of rotatable bonds is 5. The second kappa shape index (κ2) is 8.10. The van der Waals surface area contributed by atoms with Gasteiger partial charge in [-0.05, 0) is 76.8 Å². The molecule has 0 bridgehead atoms. The Morgan fingerprint density at radius 2 is 1.92 bits per heavy atom. The van der Waals surface area contributed by atoms with Crippen LogP contribution in [0.1, 0.15) is 56.7 Å². The molecule has 1 atom stereocenters. The minimum absolute atomic E-state index is 0.354. The molecule has 2 aliphatic heterocycles. The summed E-state index contributed by atoms with van der Waals surface area (Å²) in [6.07, 6.45) is 4.29. The minimum Gasteiger partial charge on any atom is -0.342 e. The summed E-state index contributed by atoms with van der Waals surface area (Å²) in [6.45, 7) is 9.55. The summed E-state index contributed by atoms with van der Waals surface area (Å²) in [5.74, 6) is 0.354. The molecule has 2 aliphatic rings. The fourth-order valence-electron chi connectivity index (χ4n) is 4.49. The van der Waals surface area contributed by atoms with Gasteiger partial charge in [-0.25, -0.2) is 0 Å². The molecule has 4 heteroatoms. The van der Waals surface area contributed by atoms with Crippen molar-refractivity contribution in [2.24, 2.45) is 5.41 Å². The van der Waals surface area contributed by atoms with Crippen LogP contribution < -0.4 is 0 Å². The van der Waals surface area contributed by atoms with Crippen molar-refractivity contribution in [3.63, 3.8) is 0 Å². The van der Waals surface area contributed by atoms with Crippen molar-refractivity contribution in [2.75, 3.05) is 40.3 Å². The minimum atomic E-state index is 0.354. The largest absolute Gasteiger partial charge is 0.342 e. The summed E-state index contributed by atoms with van der Waals surface area (Å²) in [6, 6.07) is 9.50. The van der Waals surface area contributed by atoms with Crippen LogP contribution in [0.15, 0.2) is 24.3 Å². The first-order chi connectivity index (χ1) is 12.4. The molecular weight excluding hydrogens is 322 g/mol. The van der Waals surface area contributed by atoms with Gasteiger partial charge < -0.3 is 9.80 Å². The van der Waals surface area contributed by atoms with Crippen molar-refractivity contribution < 1.29 is 4.79 Å². The van der Waals surface area contributed by atoms with Crippen molar-refractivity contribution in [2.45, 2.75) is 52.1 Å². The van der Waals surface area contributed by atoms with E-state index in [4.69, 9.17) is 0 Å². The number of carbonyl (C=O) groups is 1. The van der Waals surface area contributed by atoms with E-state index in [2.05, 4.69) is 66.9 Å². The highest BCUT2D eigenvalue weighted by Crippen LogP contribution is 2.40. The van der Waals surface area contributed by atoms with Crippen LogP contribution in [-0.2, 0) is 11.3 Å². The van der Waals surface area contributed by atoms with E-state index < -0.39 is 0 Å². The summed E-state index contributed by atoms with van der Waals surface area (Å²) in [7, 11) is 4.27. The van der Waals surface area contributed by atoms with Crippen LogP contribution in [0.25, 0.3) is 0 Å². The van der Waals surface area contributed by atoms with Crippen LogP contribution in [0.5, 0.6) is 0 Å². The van der Waals surface area contributed by atoms with Gasteiger partial charge >= 0.3 is 0 Å². The molecule has 1 amide bonds. The van der Waals surface area contributed by atoms with Gasteiger partial charge in [-0.2, -0.15) is 0 Å². The first-order valence-electron chi connectivity index (χ1n) is 10.2. The van der Waals surface area contributed by atoms with Gasteiger partial charge in [0, 0.05) is 32.1 Å². The topological polar surface area (TPSA) is 26.8 Å². The second-order valence-corrected chi connectivity index (χ2v) is 8.57. The van der Waals surface area contributed by atoms with Crippen LogP contribution in [-0.4, -0.2) is 60.9 Å². The highest BCUT2D eigenvalue weighted by molar-refractivity contribution is 5.77. The number of likely N-dealkylation sites (tertiary alicyclic amines) is 2. The van der Waals surface area contributed by atoms with E-state index in [0.717, 1.165) is 45.6 Å². The maximum Gasteiger partial charge on any atom is 0.222 e. The molecule has 0 N–H and O–H groups in total. The normalized spacial score (nSPS) is 22.2. The zero-order valence-electron chi connectivity index (χ0n) is 17.0. The number of benzene rings is 1. The highest BCUT2D eigenvalue weighted by Gasteiger charge is 2.40. The van der Waals surface area contributed by atoms with Crippen molar-refractivity contribution in [1.82, 2.24) is 14.7 Å². The summed E-state index contributed by atoms with van der Waals surface area (Å²) in [4.78, 5) is 18.9. The highest BCUT2D eigenvalue weighted by atomic mass is 16.2. The number of hydrogen-bond donors (Lipinski definition) is 0. The van der Waals surface area contributed by atoms with E-state index in [1.165, 1.54) is 24.0 Å². The maximum atomic E-state index is 12.0. The van der Waals surface area contributed by atoms with Gasteiger partial charge in [0.2, 0.25) is 5.91 Å². The Morgan fingerprint density at radius 1 is 1.19 bits per heavy atom. The Balaban J connectivity index is 1.58. The Morgan fingerprint density at radius 3 is 2.58 bits per heavy atom. The first-order valence-corrected chi connectivity index (χ1v) is 10.2. The van der Waals surface area contributed by atoms with E-state index in [9.17, 15) is 4.79 Å². The van der Waals surface area contributed by atoms with Gasteiger partial charge in [-0.3, -0.25) is 9.69 Å². The predicted molar refractivity (Wildman–Crippen MR) is 107 cm³/mol. The van der Waals surface area contributed by atoms with Crippen molar-refractivity contribution in [1.29, 1.82) is 0 Å². The standard InChI is InChI=1S/C22H35N3O/c1-5-25-17-22(10-9-21(25)26)11-13-24(14-12-22)16-19-7-6-8-20(15-19)18(2)23(3)4/h6-8,15,18H,5,9-14,16-17H2,1-4H3. The lowest BCUT2D eigenvalue weighted by atomic mass is 9.72. The molecule has 2 saturated heterocycles. The number of nitrogens with zero attached hydrogens (tertiary/aromatic N) is 3. The lowest BCUT2D eigenvalue weighted by Crippen LogP contribution is -2.51. The Bertz CT molecular complexity index is 620. The zero-order chi connectivity index (χ0) is 18.7. The van der Waals surface area contributed by atoms with E-state index in [1.54, 1.807) is 0 Å². The maximum absolute atomic E-state index is 12.0. The third kappa shape index (κ3) is 4.29. The summed E-state index contributed by atoms with van der Waals surface area (Å²) in [5, 5.41) is 0. The molecule has 4 nitrogen and oxygen atoms in total. The lowest BCUT2D eigenvalue weighted by molar-refractivity contribution is -0.138. The van der Waals surface area contributed by atoms with Crippen LogP contribution in [0, 0.1) is 5.41 Å². The summed E-state index contributed by atoms with van der Waals surface area (Å²) in [5.41, 5.74) is 3.19.